The highest BCUT2D eigenvalue weighted by Gasteiger charge is 2.21. The van der Waals surface area contributed by atoms with Gasteiger partial charge in [-0.2, -0.15) is 0 Å². The molecule has 0 radical (unpaired) electrons. The number of carbonyl (C=O) groups excluding carboxylic acids is 3. The Labute approximate surface area is 220 Å². The molecule has 0 saturated heterocycles. The first-order chi connectivity index (χ1) is 18.0. The summed E-state index contributed by atoms with van der Waals surface area (Å²) >= 11 is 6.50. The van der Waals surface area contributed by atoms with Crippen molar-refractivity contribution in [1.82, 2.24) is 5.32 Å². The third-order valence-corrected chi connectivity index (χ3v) is 7.59. The number of hydrogen-bond donors (Lipinski definition) is 1. The van der Waals surface area contributed by atoms with Crippen LogP contribution >= 0.6 is 11.6 Å². The van der Waals surface area contributed by atoms with Gasteiger partial charge in [-0.1, -0.05) is 66.2 Å². The first kappa shape index (κ1) is 25.0. The van der Waals surface area contributed by atoms with Crippen LogP contribution in [-0.4, -0.2) is 24.8 Å². The quantitative estimate of drug-likeness (QED) is 0.384. The highest BCUT2D eigenvalue weighted by atomic mass is 35.5. The van der Waals surface area contributed by atoms with E-state index in [0.29, 0.717) is 16.1 Å². The molecule has 6 heteroatoms. The second kappa shape index (κ2) is 10.7. The van der Waals surface area contributed by atoms with Crippen LogP contribution in [0.1, 0.15) is 52.7 Å². The monoisotopic (exact) mass is 513 g/mol. The zero-order valence-corrected chi connectivity index (χ0v) is 21.5. The molecule has 188 valence electrons. The molecule has 3 aromatic carbocycles. The molecule has 5 nitrogen and oxygen atoms in total. The number of hydrogen-bond acceptors (Lipinski definition) is 4. The van der Waals surface area contributed by atoms with Crippen molar-refractivity contribution in [2.45, 2.75) is 45.1 Å². The van der Waals surface area contributed by atoms with E-state index >= 15 is 0 Å². The van der Waals surface area contributed by atoms with E-state index in [9.17, 15) is 14.4 Å². The minimum absolute atomic E-state index is 0.00310. The Kier molecular flexibility index (Phi) is 7.24. The van der Waals surface area contributed by atoms with Crippen LogP contribution in [0.15, 0.2) is 54.6 Å². The summed E-state index contributed by atoms with van der Waals surface area (Å²) in [5, 5.41) is 8.02. The van der Waals surface area contributed by atoms with Gasteiger partial charge in [0.15, 0.2) is 5.78 Å². The zero-order valence-electron chi connectivity index (χ0n) is 20.7. The summed E-state index contributed by atoms with van der Waals surface area (Å²) in [4.78, 5) is 36.8. The van der Waals surface area contributed by atoms with E-state index in [-0.39, 0.29) is 31.1 Å². The van der Waals surface area contributed by atoms with Gasteiger partial charge in [0.1, 0.15) is 0 Å². The lowest BCUT2D eigenvalue weighted by atomic mass is 9.83. The van der Waals surface area contributed by atoms with Crippen LogP contribution in [0.3, 0.4) is 0 Å². The fraction of sp³-hybridized carbons (Fsp3) is 0.258. The molecule has 0 bridgehead atoms. The fourth-order valence-corrected chi connectivity index (χ4v) is 5.54. The summed E-state index contributed by atoms with van der Waals surface area (Å²) in [5.74, 6) is -0.697. The van der Waals surface area contributed by atoms with Crippen LogP contribution in [0.5, 0.6) is 0 Å². The molecule has 0 saturated carbocycles. The van der Waals surface area contributed by atoms with Crippen LogP contribution in [-0.2, 0) is 33.7 Å². The molecular weight excluding hydrogens is 486 g/mol. The van der Waals surface area contributed by atoms with Crippen molar-refractivity contribution < 1.29 is 19.1 Å². The maximum atomic E-state index is 13.6. The Balaban J connectivity index is 1.42. The number of ketones is 1. The van der Waals surface area contributed by atoms with E-state index < -0.39 is 5.97 Å². The lowest BCUT2D eigenvalue weighted by Crippen LogP contribution is -2.26. The van der Waals surface area contributed by atoms with Crippen molar-refractivity contribution in [3.8, 4) is 0 Å². The second-order valence-electron chi connectivity index (χ2n) is 9.43. The van der Waals surface area contributed by atoms with Gasteiger partial charge in [0, 0.05) is 29.1 Å². The van der Waals surface area contributed by atoms with Crippen LogP contribution < -0.4 is 15.8 Å². The van der Waals surface area contributed by atoms with Crippen LogP contribution in [0.4, 0.5) is 0 Å². The standard InChI is InChI=1S/C31H28ClNO4/c1-37-30(35)16-15-29(34)33-18-21-10-9-20(17-28(21)32)31(36)27-8-4-7-23-25-12-11-19-5-2-3-6-22(19)24(25)13-14-26(23)27/h2-3,5-6,9-11,13-14,17H,4,7-8,12,15-16,18H2,1H3,(H,33,34). The molecule has 0 fully saturated rings. The normalized spacial score (nSPS) is 13.5. The van der Waals surface area contributed by atoms with Gasteiger partial charge in [-0.05, 0) is 69.3 Å². The van der Waals surface area contributed by atoms with Crippen molar-refractivity contribution in [2.75, 3.05) is 7.11 Å². The first-order valence-corrected chi connectivity index (χ1v) is 12.9. The number of rotatable bonds is 7. The number of benzene rings is 3. The van der Waals surface area contributed by atoms with Crippen molar-refractivity contribution >= 4 is 40.9 Å². The van der Waals surface area contributed by atoms with E-state index in [1.165, 1.54) is 33.9 Å². The van der Waals surface area contributed by atoms with Gasteiger partial charge in [-0.3, -0.25) is 14.4 Å². The van der Waals surface area contributed by atoms with Crippen LogP contribution in [0, 0.1) is 10.4 Å². The summed E-state index contributed by atoms with van der Waals surface area (Å²) in [5.41, 5.74) is 4.71. The van der Waals surface area contributed by atoms with E-state index in [1.54, 1.807) is 18.2 Å². The maximum Gasteiger partial charge on any atom is 0.306 e. The number of fused-ring (bicyclic) bond motifs is 4. The van der Waals surface area contributed by atoms with E-state index in [4.69, 9.17) is 11.6 Å². The van der Waals surface area contributed by atoms with Crippen LogP contribution in [0.25, 0.3) is 11.6 Å². The van der Waals surface area contributed by atoms with Gasteiger partial charge >= 0.3 is 5.97 Å². The lowest BCUT2D eigenvalue weighted by molar-refractivity contribution is -0.142. The Morgan fingerprint density at radius 2 is 1.73 bits per heavy atom. The zero-order chi connectivity index (χ0) is 25.9. The van der Waals surface area contributed by atoms with E-state index in [1.807, 2.05) is 0 Å². The van der Waals surface area contributed by atoms with Crippen molar-refractivity contribution in [3.63, 3.8) is 0 Å². The lowest BCUT2D eigenvalue weighted by Gasteiger charge is -2.20. The number of amides is 1. The molecule has 1 amide bonds. The van der Waals surface area contributed by atoms with Gasteiger partial charge in [-0.15, -0.1) is 0 Å². The van der Waals surface area contributed by atoms with Gasteiger partial charge in [0.05, 0.1) is 13.5 Å². The Bertz CT molecular complexity index is 1640. The minimum atomic E-state index is -0.429. The van der Waals surface area contributed by atoms with Gasteiger partial charge in [-0.25, -0.2) is 0 Å². The molecule has 0 atom stereocenters. The molecule has 2 aliphatic carbocycles. The Morgan fingerprint density at radius 1 is 0.919 bits per heavy atom. The molecule has 0 aromatic heterocycles. The summed E-state index contributed by atoms with van der Waals surface area (Å²) in [6.07, 6.45) is 5.88. The molecular formula is C31H28ClNO4. The summed E-state index contributed by atoms with van der Waals surface area (Å²) in [6.45, 7) is 0.219. The molecule has 0 unspecified atom stereocenters. The van der Waals surface area contributed by atoms with Crippen molar-refractivity contribution in [1.29, 1.82) is 0 Å². The van der Waals surface area contributed by atoms with Gasteiger partial charge < -0.3 is 10.1 Å². The largest absolute Gasteiger partial charge is 0.469 e. The Hall–Kier alpha value is -3.70. The molecule has 37 heavy (non-hydrogen) atoms. The van der Waals surface area contributed by atoms with E-state index in [2.05, 4.69) is 52.5 Å². The number of esters is 1. The average molecular weight is 514 g/mol. The maximum absolute atomic E-state index is 13.6. The highest BCUT2D eigenvalue weighted by Crippen LogP contribution is 2.26. The van der Waals surface area contributed by atoms with Crippen LogP contribution in [0.2, 0.25) is 5.02 Å². The molecule has 0 heterocycles. The smallest absolute Gasteiger partial charge is 0.306 e. The number of nitrogens with one attached hydrogen (secondary N) is 1. The van der Waals surface area contributed by atoms with Gasteiger partial charge in [0.25, 0.3) is 0 Å². The average Bonchev–Trinajstić information content (AvgIpc) is 2.94. The third kappa shape index (κ3) is 5.09. The predicted molar refractivity (Wildman–Crippen MR) is 143 cm³/mol. The number of halogens is 1. The molecule has 2 aliphatic rings. The summed E-state index contributed by atoms with van der Waals surface area (Å²) in [6, 6.07) is 18.0. The first-order valence-electron chi connectivity index (χ1n) is 12.6. The van der Waals surface area contributed by atoms with Crippen molar-refractivity contribution in [3.05, 3.63) is 103 Å². The Morgan fingerprint density at radius 3 is 2.54 bits per heavy atom. The molecule has 1 N–H and O–H groups in total. The minimum Gasteiger partial charge on any atom is -0.469 e. The predicted octanol–water partition coefficient (Wildman–Crippen LogP) is 3.90. The summed E-state index contributed by atoms with van der Waals surface area (Å²) < 4.78 is 4.56. The molecule has 0 spiro atoms. The topological polar surface area (TPSA) is 72.5 Å². The van der Waals surface area contributed by atoms with Gasteiger partial charge in [0.2, 0.25) is 5.91 Å². The third-order valence-electron chi connectivity index (χ3n) is 7.24. The van der Waals surface area contributed by atoms with Crippen molar-refractivity contribution in [2.24, 2.45) is 0 Å². The SMILES string of the molecule is COC(=O)CCC(=O)NCc1ccc(C(=O)C2=c3ccc4c(c3CCC2)CC=c2ccccc2=4)cc1Cl. The van der Waals surface area contributed by atoms with E-state index in [0.717, 1.165) is 36.5 Å². The number of Topliss-reactive ketones (excluding diaryl/α,β-unsaturated/α-hetero) is 1. The number of carbonyl (C=O) groups is 3. The highest BCUT2D eigenvalue weighted by molar-refractivity contribution is 6.32. The molecule has 5 rings (SSSR count). The number of ether oxygens (including phenoxy) is 1. The molecule has 3 aromatic rings. The molecule has 0 aliphatic heterocycles. The number of methoxy groups -OCH3 is 1. The second-order valence-corrected chi connectivity index (χ2v) is 9.84. The summed E-state index contributed by atoms with van der Waals surface area (Å²) in [7, 11) is 1.29. The fourth-order valence-electron chi connectivity index (χ4n) is 5.30.